The van der Waals surface area contributed by atoms with Crippen molar-refractivity contribution in [3.63, 3.8) is 0 Å². The molecule has 0 atom stereocenters. The number of aromatic nitrogens is 3. The minimum Gasteiger partial charge on any atom is -0.262 e. The third-order valence-electron chi connectivity index (χ3n) is 2.13. The minimum atomic E-state index is -3.87. The molecule has 10 heteroatoms. The highest BCUT2D eigenvalue weighted by atomic mass is 35.5. The second-order valence-electron chi connectivity index (χ2n) is 3.46. The molecule has 2 aromatic rings. The van der Waals surface area contributed by atoms with E-state index >= 15 is 0 Å². The lowest BCUT2D eigenvalue weighted by Gasteiger charge is -2.09. The summed E-state index contributed by atoms with van der Waals surface area (Å²) in [4.78, 5) is 3.57. The Morgan fingerprint density at radius 2 is 1.84 bits per heavy atom. The van der Waals surface area contributed by atoms with Crippen molar-refractivity contribution < 1.29 is 8.42 Å². The van der Waals surface area contributed by atoms with E-state index < -0.39 is 10.0 Å². The smallest absolute Gasteiger partial charge is 0.243 e. The van der Waals surface area contributed by atoms with Crippen LogP contribution in [-0.2, 0) is 16.6 Å². The van der Waals surface area contributed by atoms with Crippen LogP contribution in [0.3, 0.4) is 0 Å². The van der Waals surface area contributed by atoms with Gasteiger partial charge >= 0.3 is 0 Å². The van der Waals surface area contributed by atoms with Gasteiger partial charge in [0.15, 0.2) is 0 Å². The van der Waals surface area contributed by atoms with Gasteiger partial charge in [-0.3, -0.25) is 5.10 Å². The maximum Gasteiger partial charge on any atom is 0.243 e. The van der Waals surface area contributed by atoms with Crippen LogP contribution in [0, 0.1) is 0 Å². The summed E-state index contributed by atoms with van der Waals surface area (Å²) >= 11 is 17.4. The van der Waals surface area contributed by atoms with Crippen LogP contribution in [0.15, 0.2) is 23.4 Å². The molecule has 2 rings (SSSR count). The molecule has 6 nitrogen and oxygen atoms in total. The minimum absolute atomic E-state index is 0.0532. The molecule has 0 aliphatic rings. The number of hydrogen-bond acceptors (Lipinski definition) is 4. The summed E-state index contributed by atoms with van der Waals surface area (Å²) in [6, 6.07) is 2.61. The zero-order valence-corrected chi connectivity index (χ0v) is 12.3. The Hall–Kier alpha value is -0.860. The van der Waals surface area contributed by atoms with E-state index in [-0.39, 0.29) is 26.5 Å². The molecule has 0 saturated carbocycles. The lowest BCUT2D eigenvalue weighted by atomic mass is 10.4. The van der Waals surface area contributed by atoms with Gasteiger partial charge in [-0.25, -0.2) is 18.1 Å². The van der Waals surface area contributed by atoms with Crippen LogP contribution >= 0.6 is 34.8 Å². The molecule has 0 aliphatic carbocycles. The van der Waals surface area contributed by atoms with Crippen LogP contribution in [0.5, 0.6) is 0 Å². The van der Waals surface area contributed by atoms with Gasteiger partial charge in [0.2, 0.25) is 10.0 Å². The zero-order valence-electron chi connectivity index (χ0n) is 9.19. The van der Waals surface area contributed by atoms with Crippen molar-refractivity contribution >= 4 is 44.8 Å². The first-order chi connectivity index (χ1) is 8.90. The lowest BCUT2D eigenvalue weighted by Crippen LogP contribution is -2.24. The van der Waals surface area contributed by atoms with Crippen molar-refractivity contribution in [2.45, 2.75) is 11.4 Å². The topological polar surface area (TPSA) is 87.7 Å². The predicted molar refractivity (Wildman–Crippen MR) is 71.9 cm³/mol. The summed E-state index contributed by atoms with van der Waals surface area (Å²) in [6.45, 7) is -0.0579. The van der Waals surface area contributed by atoms with Gasteiger partial charge in [0.25, 0.3) is 0 Å². The molecule has 1 aromatic heterocycles. The van der Waals surface area contributed by atoms with E-state index in [9.17, 15) is 8.42 Å². The van der Waals surface area contributed by atoms with Crippen molar-refractivity contribution in [2.24, 2.45) is 0 Å². The second kappa shape index (κ2) is 5.64. The van der Waals surface area contributed by atoms with Gasteiger partial charge in [0, 0.05) is 5.02 Å². The number of aromatic amines is 1. The maximum absolute atomic E-state index is 12.1. The van der Waals surface area contributed by atoms with E-state index in [1.807, 2.05) is 0 Å². The molecule has 19 heavy (non-hydrogen) atoms. The zero-order chi connectivity index (χ0) is 14.0. The Morgan fingerprint density at radius 1 is 1.21 bits per heavy atom. The summed E-state index contributed by atoms with van der Waals surface area (Å²) in [7, 11) is -3.87. The molecule has 1 heterocycles. The van der Waals surface area contributed by atoms with Gasteiger partial charge in [-0.05, 0) is 12.1 Å². The maximum atomic E-state index is 12.1. The molecule has 0 bridgehead atoms. The largest absolute Gasteiger partial charge is 0.262 e. The fraction of sp³-hybridized carbons (Fsp3) is 0.111. The Labute approximate surface area is 124 Å². The molecule has 0 radical (unpaired) electrons. The number of sulfonamides is 1. The third-order valence-corrected chi connectivity index (χ3v) is 4.67. The Bertz CT molecular complexity index is 664. The molecule has 1 aromatic carbocycles. The Balaban J connectivity index is 2.29. The van der Waals surface area contributed by atoms with E-state index in [0.29, 0.717) is 5.82 Å². The molecule has 2 N–H and O–H groups in total. The quantitative estimate of drug-likeness (QED) is 0.892. The standard InChI is InChI=1S/C9H7Cl3N4O2S/c10-5-1-6(11)9(7(12)2-5)19(17,18)15-3-8-13-4-14-16-8/h1-2,4,15H,3H2,(H,13,14,16). The summed E-state index contributed by atoms with van der Waals surface area (Å²) in [5.74, 6) is 0.366. The van der Waals surface area contributed by atoms with Crippen LogP contribution in [0.1, 0.15) is 5.82 Å². The molecule has 0 amide bonds. The molecule has 0 spiro atoms. The summed E-state index contributed by atoms with van der Waals surface area (Å²) in [5, 5.41) is 6.27. The van der Waals surface area contributed by atoms with Crippen molar-refractivity contribution in [2.75, 3.05) is 0 Å². The number of halogens is 3. The molecule has 0 unspecified atom stereocenters. The van der Waals surface area contributed by atoms with Crippen molar-refractivity contribution in [3.8, 4) is 0 Å². The average molecular weight is 342 g/mol. The van der Waals surface area contributed by atoms with E-state index in [1.165, 1.54) is 18.5 Å². The van der Waals surface area contributed by atoms with Gasteiger partial charge in [-0.2, -0.15) is 5.10 Å². The first-order valence-electron chi connectivity index (χ1n) is 4.88. The Morgan fingerprint density at radius 3 is 2.37 bits per heavy atom. The van der Waals surface area contributed by atoms with Crippen molar-refractivity contribution in [1.29, 1.82) is 0 Å². The highest BCUT2D eigenvalue weighted by Crippen LogP contribution is 2.32. The van der Waals surface area contributed by atoms with Crippen LogP contribution in [-0.4, -0.2) is 23.6 Å². The third kappa shape index (κ3) is 3.37. The number of rotatable bonds is 4. The van der Waals surface area contributed by atoms with E-state index in [1.54, 1.807) is 0 Å². The van der Waals surface area contributed by atoms with Crippen LogP contribution in [0.4, 0.5) is 0 Å². The van der Waals surface area contributed by atoms with E-state index in [2.05, 4.69) is 19.9 Å². The molecular weight excluding hydrogens is 335 g/mol. The summed E-state index contributed by atoms with van der Waals surface area (Å²) in [5.41, 5.74) is 0. The fourth-order valence-corrected chi connectivity index (χ4v) is 3.87. The first-order valence-corrected chi connectivity index (χ1v) is 7.50. The number of nitrogens with zero attached hydrogens (tertiary/aromatic N) is 2. The van der Waals surface area contributed by atoms with E-state index in [4.69, 9.17) is 34.8 Å². The van der Waals surface area contributed by atoms with Gasteiger partial charge < -0.3 is 0 Å². The normalized spacial score (nSPS) is 11.7. The highest BCUT2D eigenvalue weighted by molar-refractivity contribution is 7.89. The number of benzene rings is 1. The molecule has 102 valence electrons. The van der Waals surface area contributed by atoms with Crippen LogP contribution < -0.4 is 4.72 Å². The summed E-state index contributed by atoms with van der Waals surface area (Å²) < 4.78 is 26.5. The lowest BCUT2D eigenvalue weighted by molar-refractivity contribution is 0.579. The number of hydrogen-bond donors (Lipinski definition) is 2. The first kappa shape index (κ1) is 14.5. The van der Waals surface area contributed by atoms with Crippen LogP contribution in [0.25, 0.3) is 0 Å². The number of H-pyrrole nitrogens is 1. The van der Waals surface area contributed by atoms with Crippen LogP contribution in [0.2, 0.25) is 15.1 Å². The average Bonchev–Trinajstić information content (AvgIpc) is 2.77. The molecule has 0 fully saturated rings. The van der Waals surface area contributed by atoms with Gasteiger partial charge in [-0.1, -0.05) is 34.8 Å². The molecule has 0 saturated heterocycles. The van der Waals surface area contributed by atoms with Crippen molar-refractivity contribution in [3.05, 3.63) is 39.4 Å². The van der Waals surface area contributed by atoms with Gasteiger partial charge in [0.05, 0.1) is 16.6 Å². The second-order valence-corrected chi connectivity index (χ2v) is 6.41. The summed E-state index contributed by atoms with van der Waals surface area (Å²) in [6.07, 6.45) is 1.27. The Kier molecular flexibility index (Phi) is 4.32. The predicted octanol–water partition coefficient (Wildman–Crippen LogP) is 2.24. The highest BCUT2D eigenvalue weighted by Gasteiger charge is 2.22. The van der Waals surface area contributed by atoms with Gasteiger partial charge in [0.1, 0.15) is 17.0 Å². The fourth-order valence-electron chi connectivity index (χ4n) is 1.34. The SMILES string of the molecule is O=S(=O)(NCc1ncn[nH]1)c1c(Cl)cc(Cl)cc1Cl. The molecule has 0 aliphatic heterocycles. The van der Waals surface area contributed by atoms with E-state index in [0.717, 1.165) is 0 Å². The van der Waals surface area contributed by atoms with Crippen molar-refractivity contribution in [1.82, 2.24) is 19.9 Å². The monoisotopic (exact) mass is 340 g/mol. The number of nitrogens with one attached hydrogen (secondary N) is 2. The van der Waals surface area contributed by atoms with Gasteiger partial charge in [-0.15, -0.1) is 0 Å². The molecular formula is C9H7Cl3N4O2S.